The highest BCUT2D eigenvalue weighted by Gasteiger charge is 2.23. The quantitative estimate of drug-likeness (QED) is 0.921. The lowest BCUT2D eigenvalue weighted by molar-refractivity contribution is 0.116. The van der Waals surface area contributed by atoms with Crippen LogP contribution in [0.25, 0.3) is 0 Å². The van der Waals surface area contributed by atoms with Crippen LogP contribution in [0.2, 0.25) is 0 Å². The summed E-state index contributed by atoms with van der Waals surface area (Å²) < 4.78 is 11.4. The van der Waals surface area contributed by atoms with Crippen LogP contribution in [0.1, 0.15) is 19.3 Å². The fraction of sp³-hybridized carbons (Fsp3) is 0.562. The Hall–Kier alpha value is -2.11. The molecule has 6 heteroatoms. The van der Waals surface area contributed by atoms with Gasteiger partial charge in [0.05, 0.1) is 13.2 Å². The number of rotatable bonds is 4. The Bertz CT molecular complexity index is 537. The minimum Gasteiger partial charge on any atom is -0.493 e. The van der Waals surface area contributed by atoms with E-state index in [1.54, 1.807) is 12.0 Å². The largest absolute Gasteiger partial charge is 0.493 e. The molecule has 0 aromatic heterocycles. The second-order valence-corrected chi connectivity index (χ2v) is 5.82. The molecular weight excluding hydrogens is 282 g/mol. The highest BCUT2D eigenvalue weighted by Crippen LogP contribution is 2.35. The molecule has 2 fully saturated rings. The van der Waals surface area contributed by atoms with Crippen LogP contribution in [0.5, 0.6) is 11.5 Å². The number of piperazine rings is 1. The summed E-state index contributed by atoms with van der Waals surface area (Å²) in [5.41, 5.74) is 6.42. The van der Waals surface area contributed by atoms with Crippen molar-refractivity contribution in [2.24, 2.45) is 5.73 Å². The molecule has 2 N–H and O–H groups in total. The fourth-order valence-corrected chi connectivity index (χ4v) is 2.81. The summed E-state index contributed by atoms with van der Waals surface area (Å²) in [4.78, 5) is 15.1. The average Bonchev–Trinajstić information content (AvgIpc) is 2.51. The maximum atomic E-state index is 11.2. The zero-order chi connectivity index (χ0) is 15.5. The van der Waals surface area contributed by atoms with Crippen molar-refractivity contribution in [2.75, 3.05) is 38.2 Å². The van der Waals surface area contributed by atoms with E-state index in [-0.39, 0.29) is 6.03 Å². The minimum absolute atomic E-state index is 0.316. The SMILES string of the molecule is COc1ccc(N2CCN(C(N)=O)CC2)cc1OC1CCC1. The van der Waals surface area contributed by atoms with Crippen molar-refractivity contribution < 1.29 is 14.3 Å². The van der Waals surface area contributed by atoms with Gasteiger partial charge in [0.25, 0.3) is 0 Å². The predicted molar refractivity (Wildman–Crippen MR) is 84.6 cm³/mol. The number of nitrogens with two attached hydrogens (primary N) is 1. The number of primary amides is 1. The average molecular weight is 305 g/mol. The summed E-state index contributed by atoms with van der Waals surface area (Å²) in [6, 6.07) is 5.68. The first-order valence-corrected chi connectivity index (χ1v) is 7.81. The van der Waals surface area contributed by atoms with Gasteiger partial charge in [-0.05, 0) is 31.4 Å². The molecule has 2 aliphatic rings. The van der Waals surface area contributed by atoms with Gasteiger partial charge in [0, 0.05) is 37.9 Å². The summed E-state index contributed by atoms with van der Waals surface area (Å²) in [6.45, 7) is 2.86. The zero-order valence-corrected chi connectivity index (χ0v) is 13.0. The standard InChI is InChI=1S/C16H23N3O3/c1-21-14-6-5-12(11-15(14)22-13-3-2-4-13)18-7-9-19(10-8-18)16(17)20/h5-6,11,13H,2-4,7-10H2,1H3,(H2,17,20). The van der Waals surface area contributed by atoms with E-state index in [1.165, 1.54) is 6.42 Å². The van der Waals surface area contributed by atoms with E-state index >= 15 is 0 Å². The Morgan fingerprint density at radius 2 is 1.91 bits per heavy atom. The number of urea groups is 1. The maximum absolute atomic E-state index is 11.2. The molecule has 1 saturated carbocycles. The molecule has 0 unspecified atom stereocenters. The third-order valence-electron chi connectivity index (χ3n) is 4.45. The van der Waals surface area contributed by atoms with E-state index in [2.05, 4.69) is 4.90 Å². The van der Waals surface area contributed by atoms with Crippen LogP contribution in [0.4, 0.5) is 10.5 Å². The Labute approximate surface area is 130 Å². The summed E-state index contributed by atoms with van der Waals surface area (Å²) >= 11 is 0. The Morgan fingerprint density at radius 3 is 2.45 bits per heavy atom. The molecular formula is C16H23N3O3. The van der Waals surface area contributed by atoms with E-state index in [1.807, 2.05) is 18.2 Å². The summed E-state index contributed by atoms with van der Waals surface area (Å²) in [5, 5.41) is 0. The van der Waals surface area contributed by atoms with Crippen LogP contribution in [0.3, 0.4) is 0 Å². The minimum atomic E-state index is -0.344. The molecule has 6 nitrogen and oxygen atoms in total. The molecule has 1 heterocycles. The van der Waals surface area contributed by atoms with Crippen LogP contribution >= 0.6 is 0 Å². The number of methoxy groups -OCH3 is 1. The van der Waals surface area contributed by atoms with E-state index in [0.717, 1.165) is 43.1 Å². The van der Waals surface area contributed by atoms with Crippen molar-refractivity contribution >= 4 is 11.7 Å². The molecule has 0 atom stereocenters. The van der Waals surface area contributed by atoms with Crippen LogP contribution in [0.15, 0.2) is 18.2 Å². The lowest BCUT2D eigenvalue weighted by Crippen LogP contribution is -2.50. The van der Waals surface area contributed by atoms with E-state index in [0.29, 0.717) is 19.2 Å². The first-order valence-electron chi connectivity index (χ1n) is 7.81. The highest BCUT2D eigenvalue weighted by molar-refractivity contribution is 5.72. The molecule has 120 valence electrons. The van der Waals surface area contributed by atoms with Crippen LogP contribution in [0, 0.1) is 0 Å². The predicted octanol–water partition coefficient (Wildman–Crippen LogP) is 1.83. The number of amides is 2. The van der Waals surface area contributed by atoms with Crippen molar-refractivity contribution in [2.45, 2.75) is 25.4 Å². The van der Waals surface area contributed by atoms with Crippen LogP contribution in [-0.4, -0.2) is 50.3 Å². The first-order chi connectivity index (χ1) is 10.7. The van der Waals surface area contributed by atoms with Gasteiger partial charge in [-0.3, -0.25) is 0 Å². The zero-order valence-electron chi connectivity index (χ0n) is 13.0. The Morgan fingerprint density at radius 1 is 1.18 bits per heavy atom. The summed E-state index contributed by atoms with van der Waals surface area (Å²) in [6.07, 6.45) is 3.78. The normalized spacial score (nSPS) is 18.8. The van der Waals surface area contributed by atoms with Crippen molar-refractivity contribution in [3.8, 4) is 11.5 Å². The fourth-order valence-electron chi connectivity index (χ4n) is 2.81. The lowest BCUT2D eigenvalue weighted by atomic mass is 9.96. The lowest BCUT2D eigenvalue weighted by Gasteiger charge is -2.35. The Kier molecular flexibility index (Phi) is 4.27. The number of benzene rings is 1. The Balaban J connectivity index is 1.71. The second-order valence-electron chi connectivity index (χ2n) is 5.82. The molecule has 0 spiro atoms. The van der Waals surface area contributed by atoms with E-state index in [9.17, 15) is 4.79 Å². The first kappa shape index (κ1) is 14.8. The number of carbonyl (C=O) groups is 1. The smallest absolute Gasteiger partial charge is 0.314 e. The van der Waals surface area contributed by atoms with Gasteiger partial charge in [0.2, 0.25) is 0 Å². The number of anilines is 1. The van der Waals surface area contributed by atoms with Gasteiger partial charge in [-0.1, -0.05) is 0 Å². The van der Waals surface area contributed by atoms with Crippen molar-refractivity contribution in [1.29, 1.82) is 0 Å². The maximum Gasteiger partial charge on any atom is 0.314 e. The third kappa shape index (κ3) is 3.05. The summed E-state index contributed by atoms with van der Waals surface area (Å²) in [7, 11) is 1.66. The number of carbonyl (C=O) groups excluding carboxylic acids is 1. The number of nitrogens with zero attached hydrogens (tertiary/aromatic N) is 2. The second kappa shape index (κ2) is 6.34. The molecule has 0 radical (unpaired) electrons. The van der Waals surface area contributed by atoms with Gasteiger partial charge in [0.1, 0.15) is 0 Å². The number of hydrogen-bond donors (Lipinski definition) is 1. The van der Waals surface area contributed by atoms with Crippen molar-refractivity contribution in [3.63, 3.8) is 0 Å². The molecule has 1 aliphatic carbocycles. The summed E-state index contributed by atoms with van der Waals surface area (Å²) in [5.74, 6) is 1.58. The van der Waals surface area contributed by atoms with Gasteiger partial charge in [0.15, 0.2) is 11.5 Å². The van der Waals surface area contributed by atoms with Crippen LogP contribution in [-0.2, 0) is 0 Å². The van der Waals surface area contributed by atoms with Gasteiger partial charge in [-0.25, -0.2) is 4.79 Å². The molecule has 22 heavy (non-hydrogen) atoms. The monoisotopic (exact) mass is 305 g/mol. The van der Waals surface area contributed by atoms with Gasteiger partial charge >= 0.3 is 6.03 Å². The molecule has 1 aromatic rings. The van der Waals surface area contributed by atoms with Crippen molar-refractivity contribution in [1.82, 2.24) is 4.90 Å². The van der Waals surface area contributed by atoms with Gasteiger partial charge in [-0.15, -0.1) is 0 Å². The molecule has 2 amide bonds. The highest BCUT2D eigenvalue weighted by atomic mass is 16.5. The molecule has 1 aromatic carbocycles. The molecule has 1 saturated heterocycles. The van der Waals surface area contributed by atoms with E-state index in [4.69, 9.17) is 15.2 Å². The van der Waals surface area contributed by atoms with Gasteiger partial charge in [-0.2, -0.15) is 0 Å². The number of ether oxygens (including phenoxy) is 2. The third-order valence-corrected chi connectivity index (χ3v) is 4.45. The number of hydrogen-bond acceptors (Lipinski definition) is 4. The molecule has 0 bridgehead atoms. The molecule has 3 rings (SSSR count). The van der Waals surface area contributed by atoms with E-state index < -0.39 is 0 Å². The topological polar surface area (TPSA) is 68.0 Å². The van der Waals surface area contributed by atoms with Gasteiger partial charge < -0.3 is 25.0 Å². The molecule has 1 aliphatic heterocycles. The van der Waals surface area contributed by atoms with Crippen molar-refractivity contribution in [3.05, 3.63) is 18.2 Å². The van der Waals surface area contributed by atoms with Crippen LogP contribution < -0.4 is 20.1 Å².